The Kier molecular flexibility index (Phi) is 6.60. The van der Waals surface area contributed by atoms with Gasteiger partial charge in [0.2, 0.25) is 0 Å². The van der Waals surface area contributed by atoms with E-state index in [0.29, 0.717) is 12.5 Å². The lowest BCUT2D eigenvalue weighted by Gasteiger charge is -2.34. The summed E-state index contributed by atoms with van der Waals surface area (Å²) in [6, 6.07) is 18.2. The monoisotopic (exact) mass is 408 g/mol. The number of hydrogen-bond donors (Lipinski definition) is 1. The van der Waals surface area contributed by atoms with Crippen LogP contribution in [0.5, 0.6) is 5.75 Å². The molecule has 4 nitrogen and oxygen atoms in total. The van der Waals surface area contributed by atoms with Crippen molar-refractivity contribution in [1.29, 1.82) is 0 Å². The summed E-state index contributed by atoms with van der Waals surface area (Å²) in [5, 5.41) is 13.9. The Bertz CT molecular complexity index is 887. The Morgan fingerprint density at radius 3 is 2.52 bits per heavy atom. The summed E-state index contributed by atoms with van der Waals surface area (Å²) < 4.78 is 5.51. The van der Waals surface area contributed by atoms with E-state index in [1.807, 2.05) is 49.4 Å². The molecule has 0 radical (unpaired) electrons. The maximum Gasteiger partial charge on any atom is 0.123 e. The molecular weight excluding hydrogens is 380 g/mol. The standard InChI is InChI=1S/C24H28N2O2S/c1-2-28-22-10-8-20(9-11-22)24-25-21(17-29-24)16-26-14-12-19(13-15-26)23(27)18-6-4-3-5-7-18/h3-11,17,19,23,27H,2,12-16H2,1H3. The van der Waals surface area contributed by atoms with Gasteiger partial charge in [-0.05, 0) is 68.6 Å². The molecule has 2 aromatic carbocycles. The van der Waals surface area contributed by atoms with Crippen LogP contribution in [0, 0.1) is 5.92 Å². The van der Waals surface area contributed by atoms with Crippen LogP contribution in [-0.4, -0.2) is 34.7 Å². The maximum absolute atomic E-state index is 10.7. The lowest BCUT2D eigenvalue weighted by molar-refractivity contribution is 0.0565. The summed E-state index contributed by atoms with van der Waals surface area (Å²) in [6.45, 7) is 5.56. The van der Waals surface area contributed by atoms with Crippen molar-refractivity contribution in [2.75, 3.05) is 19.7 Å². The van der Waals surface area contributed by atoms with E-state index in [4.69, 9.17) is 9.72 Å². The smallest absolute Gasteiger partial charge is 0.123 e. The van der Waals surface area contributed by atoms with E-state index < -0.39 is 0 Å². The maximum atomic E-state index is 10.7. The Labute approximate surface area is 176 Å². The molecule has 1 atom stereocenters. The van der Waals surface area contributed by atoms with Gasteiger partial charge in [-0.3, -0.25) is 4.90 Å². The molecule has 1 fully saturated rings. The number of likely N-dealkylation sites (tertiary alicyclic amines) is 1. The van der Waals surface area contributed by atoms with Crippen LogP contribution < -0.4 is 4.74 Å². The molecule has 0 amide bonds. The van der Waals surface area contributed by atoms with Crippen molar-refractivity contribution in [3.05, 3.63) is 71.2 Å². The Morgan fingerprint density at radius 1 is 1.10 bits per heavy atom. The summed E-state index contributed by atoms with van der Waals surface area (Å²) in [4.78, 5) is 7.29. The van der Waals surface area contributed by atoms with Gasteiger partial charge in [-0.25, -0.2) is 4.98 Å². The first-order valence-corrected chi connectivity index (χ1v) is 11.2. The van der Waals surface area contributed by atoms with Gasteiger partial charge in [0.15, 0.2) is 0 Å². The van der Waals surface area contributed by atoms with Crippen molar-refractivity contribution in [3.63, 3.8) is 0 Å². The molecule has 2 heterocycles. The van der Waals surface area contributed by atoms with Gasteiger partial charge in [0.25, 0.3) is 0 Å². The first-order valence-electron chi connectivity index (χ1n) is 10.4. The van der Waals surface area contributed by atoms with Crippen LogP contribution in [-0.2, 0) is 6.54 Å². The fourth-order valence-electron chi connectivity index (χ4n) is 3.95. The third kappa shape index (κ3) is 5.04. The van der Waals surface area contributed by atoms with E-state index in [2.05, 4.69) is 22.4 Å². The quantitative estimate of drug-likeness (QED) is 0.587. The molecule has 0 aliphatic carbocycles. The fraction of sp³-hybridized carbons (Fsp3) is 0.375. The number of nitrogens with zero attached hydrogens (tertiary/aromatic N) is 2. The van der Waals surface area contributed by atoms with Crippen LogP contribution in [0.2, 0.25) is 0 Å². The minimum atomic E-state index is -0.358. The van der Waals surface area contributed by atoms with Crippen molar-refractivity contribution in [2.24, 2.45) is 5.92 Å². The number of aliphatic hydroxyl groups is 1. The molecule has 1 unspecified atom stereocenters. The van der Waals surface area contributed by atoms with Crippen LogP contribution in [0.4, 0.5) is 0 Å². The average Bonchev–Trinajstić information content (AvgIpc) is 3.24. The van der Waals surface area contributed by atoms with Gasteiger partial charge < -0.3 is 9.84 Å². The number of aromatic nitrogens is 1. The number of hydrogen-bond acceptors (Lipinski definition) is 5. The molecule has 3 aromatic rings. The highest BCUT2D eigenvalue weighted by molar-refractivity contribution is 7.13. The highest BCUT2D eigenvalue weighted by atomic mass is 32.1. The second-order valence-corrected chi connectivity index (χ2v) is 8.43. The third-order valence-electron chi connectivity index (χ3n) is 5.57. The molecule has 0 spiro atoms. The molecule has 0 bridgehead atoms. The number of piperidine rings is 1. The SMILES string of the molecule is CCOc1ccc(-c2nc(CN3CCC(C(O)c4ccccc4)CC3)cs2)cc1. The molecule has 1 aliphatic heterocycles. The summed E-state index contributed by atoms with van der Waals surface area (Å²) in [7, 11) is 0. The highest BCUT2D eigenvalue weighted by Gasteiger charge is 2.26. The Balaban J connectivity index is 1.31. The van der Waals surface area contributed by atoms with Crippen LogP contribution in [0.25, 0.3) is 10.6 Å². The number of aliphatic hydroxyl groups excluding tert-OH is 1. The van der Waals surface area contributed by atoms with Crippen LogP contribution in [0.15, 0.2) is 60.0 Å². The third-order valence-corrected chi connectivity index (χ3v) is 6.51. The molecule has 29 heavy (non-hydrogen) atoms. The predicted octanol–water partition coefficient (Wildman–Crippen LogP) is 5.15. The molecular formula is C24H28N2O2S. The van der Waals surface area contributed by atoms with Gasteiger partial charge in [-0.1, -0.05) is 30.3 Å². The number of rotatable bonds is 7. The van der Waals surface area contributed by atoms with E-state index >= 15 is 0 Å². The minimum Gasteiger partial charge on any atom is -0.494 e. The topological polar surface area (TPSA) is 45.6 Å². The van der Waals surface area contributed by atoms with Crippen LogP contribution >= 0.6 is 11.3 Å². The molecule has 1 aliphatic rings. The highest BCUT2D eigenvalue weighted by Crippen LogP contribution is 2.32. The van der Waals surface area contributed by atoms with E-state index in [-0.39, 0.29) is 6.10 Å². The van der Waals surface area contributed by atoms with Crippen LogP contribution in [0.1, 0.15) is 37.1 Å². The van der Waals surface area contributed by atoms with Crippen molar-refractivity contribution in [1.82, 2.24) is 9.88 Å². The zero-order chi connectivity index (χ0) is 20.1. The molecule has 5 heteroatoms. The first-order chi connectivity index (χ1) is 14.2. The normalized spacial score (nSPS) is 16.6. The zero-order valence-corrected chi connectivity index (χ0v) is 17.6. The van der Waals surface area contributed by atoms with Gasteiger partial charge in [0.1, 0.15) is 10.8 Å². The second-order valence-electron chi connectivity index (χ2n) is 7.57. The van der Waals surface area contributed by atoms with E-state index in [0.717, 1.165) is 60.1 Å². The first kappa shape index (κ1) is 20.1. The minimum absolute atomic E-state index is 0.337. The zero-order valence-electron chi connectivity index (χ0n) is 16.8. The van der Waals surface area contributed by atoms with Crippen molar-refractivity contribution in [3.8, 4) is 16.3 Å². The van der Waals surface area contributed by atoms with Crippen LogP contribution in [0.3, 0.4) is 0 Å². The Morgan fingerprint density at radius 2 is 1.83 bits per heavy atom. The largest absolute Gasteiger partial charge is 0.494 e. The second kappa shape index (κ2) is 9.53. The summed E-state index contributed by atoms with van der Waals surface area (Å²) in [5.41, 5.74) is 3.29. The number of thiazole rings is 1. The summed E-state index contributed by atoms with van der Waals surface area (Å²) >= 11 is 1.69. The average molecular weight is 409 g/mol. The molecule has 1 aromatic heterocycles. The molecule has 152 valence electrons. The van der Waals surface area contributed by atoms with Gasteiger partial charge in [-0.2, -0.15) is 0 Å². The van der Waals surface area contributed by atoms with Gasteiger partial charge in [0.05, 0.1) is 18.4 Å². The number of ether oxygens (including phenoxy) is 1. The molecule has 1 N–H and O–H groups in total. The molecule has 1 saturated heterocycles. The predicted molar refractivity (Wildman–Crippen MR) is 118 cm³/mol. The summed E-state index contributed by atoms with van der Waals surface area (Å²) in [5.74, 6) is 1.23. The van der Waals surface area contributed by atoms with Crippen molar-refractivity contribution >= 4 is 11.3 Å². The lowest BCUT2D eigenvalue weighted by atomic mass is 9.87. The molecule has 0 saturated carbocycles. The Hall–Kier alpha value is -2.21. The van der Waals surface area contributed by atoms with Gasteiger partial charge >= 0.3 is 0 Å². The van der Waals surface area contributed by atoms with E-state index in [1.54, 1.807) is 11.3 Å². The van der Waals surface area contributed by atoms with E-state index in [1.165, 1.54) is 0 Å². The fourth-order valence-corrected chi connectivity index (χ4v) is 4.77. The molecule has 4 rings (SSSR count). The number of benzene rings is 2. The van der Waals surface area contributed by atoms with Gasteiger partial charge in [0, 0.05) is 17.5 Å². The van der Waals surface area contributed by atoms with Crippen molar-refractivity contribution in [2.45, 2.75) is 32.4 Å². The lowest BCUT2D eigenvalue weighted by Crippen LogP contribution is -2.35. The van der Waals surface area contributed by atoms with E-state index in [9.17, 15) is 5.11 Å². The van der Waals surface area contributed by atoms with Gasteiger partial charge in [-0.15, -0.1) is 11.3 Å². The summed E-state index contributed by atoms with van der Waals surface area (Å²) in [6.07, 6.45) is 1.68. The van der Waals surface area contributed by atoms with Crippen molar-refractivity contribution < 1.29 is 9.84 Å².